The van der Waals surface area contributed by atoms with Crippen LogP contribution in [0.4, 0.5) is 0 Å². The number of aromatic nitrogens is 1. The van der Waals surface area contributed by atoms with E-state index in [-0.39, 0.29) is 0 Å². The summed E-state index contributed by atoms with van der Waals surface area (Å²) in [6.07, 6.45) is 3.11. The van der Waals surface area contributed by atoms with Gasteiger partial charge in [-0.05, 0) is 55.9 Å². The number of likely N-dealkylation sites (N-methyl/N-ethyl adjacent to an activating group) is 1. The number of hydrogen-bond donors (Lipinski definition) is 1. The SMILES string of the molecule is COc1cccc(Cl)c1-c1ccc2[nH]cc(CCN(C)C)c2c1. The van der Waals surface area contributed by atoms with E-state index in [9.17, 15) is 0 Å². The number of halogens is 1. The van der Waals surface area contributed by atoms with Gasteiger partial charge in [0.25, 0.3) is 0 Å². The quantitative estimate of drug-likeness (QED) is 0.741. The Bertz CT molecular complexity index is 823. The second-order valence-electron chi connectivity index (χ2n) is 5.94. The molecule has 0 atom stereocenters. The van der Waals surface area contributed by atoms with Gasteiger partial charge in [-0.3, -0.25) is 0 Å². The van der Waals surface area contributed by atoms with E-state index in [2.05, 4.69) is 48.4 Å². The lowest BCUT2D eigenvalue weighted by Gasteiger charge is -2.11. The number of nitrogens with one attached hydrogen (secondary N) is 1. The summed E-state index contributed by atoms with van der Waals surface area (Å²) < 4.78 is 5.48. The van der Waals surface area contributed by atoms with Gasteiger partial charge in [0, 0.05) is 29.2 Å². The maximum Gasteiger partial charge on any atom is 0.128 e. The van der Waals surface area contributed by atoms with E-state index in [0.717, 1.165) is 35.4 Å². The van der Waals surface area contributed by atoms with E-state index in [1.165, 1.54) is 10.9 Å². The molecule has 1 heterocycles. The molecule has 0 aliphatic carbocycles. The topological polar surface area (TPSA) is 28.3 Å². The standard InChI is InChI=1S/C19H21ClN2O/c1-22(2)10-9-14-12-21-17-8-7-13(11-15(14)17)19-16(20)5-4-6-18(19)23-3/h4-8,11-12,21H,9-10H2,1-3H3. The maximum absolute atomic E-state index is 6.42. The van der Waals surface area contributed by atoms with Crippen LogP contribution >= 0.6 is 11.6 Å². The number of benzene rings is 2. The Morgan fingerprint density at radius 3 is 2.74 bits per heavy atom. The minimum Gasteiger partial charge on any atom is -0.496 e. The molecule has 4 heteroatoms. The van der Waals surface area contributed by atoms with Crippen LogP contribution in [0.1, 0.15) is 5.56 Å². The Morgan fingerprint density at radius 2 is 2.00 bits per heavy atom. The summed E-state index contributed by atoms with van der Waals surface area (Å²) in [5.74, 6) is 0.794. The fourth-order valence-corrected chi connectivity index (χ4v) is 3.11. The van der Waals surface area contributed by atoms with Gasteiger partial charge in [0.05, 0.1) is 12.1 Å². The predicted octanol–water partition coefficient (Wildman–Crippen LogP) is 4.60. The highest BCUT2D eigenvalue weighted by molar-refractivity contribution is 6.33. The molecule has 0 aliphatic rings. The molecule has 0 fully saturated rings. The number of nitrogens with zero attached hydrogens (tertiary/aromatic N) is 1. The fourth-order valence-electron chi connectivity index (χ4n) is 2.84. The lowest BCUT2D eigenvalue weighted by Crippen LogP contribution is -2.14. The number of methoxy groups -OCH3 is 1. The molecule has 3 rings (SSSR count). The molecule has 3 aromatic rings. The number of aromatic amines is 1. The monoisotopic (exact) mass is 328 g/mol. The zero-order valence-electron chi connectivity index (χ0n) is 13.7. The number of ether oxygens (including phenoxy) is 1. The van der Waals surface area contributed by atoms with Crippen LogP contribution < -0.4 is 4.74 Å². The Labute approximate surface area is 141 Å². The first kappa shape index (κ1) is 15.9. The molecule has 0 unspecified atom stereocenters. The summed E-state index contributed by atoms with van der Waals surface area (Å²) in [6, 6.07) is 12.1. The lowest BCUT2D eigenvalue weighted by molar-refractivity contribution is 0.414. The molecule has 1 N–H and O–H groups in total. The van der Waals surface area contributed by atoms with Gasteiger partial charge in [-0.15, -0.1) is 0 Å². The maximum atomic E-state index is 6.42. The van der Waals surface area contributed by atoms with Crippen molar-refractivity contribution >= 4 is 22.5 Å². The molecule has 0 saturated heterocycles. The van der Waals surface area contributed by atoms with Crippen molar-refractivity contribution in [1.29, 1.82) is 0 Å². The highest BCUT2D eigenvalue weighted by atomic mass is 35.5. The summed E-state index contributed by atoms with van der Waals surface area (Å²) >= 11 is 6.42. The first-order valence-corrected chi connectivity index (χ1v) is 8.05. The number of fused-ring (bicyclic) bond motifs is 1. The van der Waals surface area contributed by atoms with Gasteiger partial charge in [0.1, 0.15) is 5.75 Å². The van der Waals surface area contributed by atoms with Crippen LogP contribution in [-0.2, 0) is 6.42 Å². The highest BCUT2D eigenvalue weighted by Gasteiger charge is 2.12. The third-order valence-electron chi connectivity index (χ3n) is 4.08. The zero-order valence-corrected chi connectivity index (χ0v) is 14.4. The van der Waals surface area contributed by atoms with Gasteiger partial charge in [0.2, 0.25) is 0 Å². The first-order chi connectivity index (χ1) is 11.1. The number of H-pyrrole nitrogens is 1. The van der Waals surface area contributed by atoms with E-state index >= 15 is 0 Å². The largest absolute Gasteiger partial charge is 0.496 e. The van der Waals surface area contributed by atoms with Crippen molar-refractivity contribution in [3.63, 3.8) is 0 Å². The van der Waals surface area contributed by atoms with Crippen molar-refractivity contribution < 1.29 is 4.74 Å². The second kappa shape index (κ2) is 6.65. The Kier molecular flexibility index (Phi) is 4.60. The van der Waals surface area contributed by atoms with Crippen molar-refractivity contribution in [2.75, 3.05) is 27.7 Å². The molecule has 0 radical (unpaired) electrons. The Hall–Kier alpha value is -1.97. The van der Waals surface area contributed by atoms with Crippen molar-refractivity contribution in [2.24, 2.45) is 0 Å². The summed E-state index contributed by atoms with van der Waals surface area (Å²) in [6.45, 7) is 1.02. The number of rotatable bonds is 5. The molecule has 3 nitrogen and oxygen atoms in total. The zero-order chi connectivity index (χ0) is 16.4. The second-order valence-corrected chi connectivity index (χ2v) is 6.35. The molecule has 0 bridgehead atoms. The van der Waals surface area contributed by atoms with Crippen LogP contribution in [0.25, 0.3) is 22.0 Å². The van der Waals surface area contributed by atoms with Gasteiger partial charge in [-0.2, -0.15) is 0 Å². The summed E-state index contributed by atoms with van der Waals surface area (Å²) in [4.78, 5) is 5.55. The highest BCUT2D eigenvalue weighted by Crippen LogP contribution is 2.38. The number of hydrogen-bond acceptors (Lipinski definition) is 2. The molecule has 0 aliphatic heterocycles. The molecular weight excluding hydrogens is 308 g/mol. The summed E-state index contributed by atoms with van der Waals surface area (Å²) in [5.41, 5.74) is 4.49. The molecule has 0 saturated carbocycles. The Morgan fingerprint density at radius 1 is 1.17 bits per heavy atom. The fraction of sp³-hybridized carbons (Fsp3) is 0.263. The van der Waals surface area contributed by atoms with Gasteiger partial charge in [0.15, 0.2) is 0 Å². The van der Waals surface area contributed by atoms with E-state index in [4.69, 9.17) is 16.3 Å². The molecule has 1 aromatic heterocycles. The predicted molar refractivity (Wildman–Crippen MR) is 97.6 cm³/mol. The van der Waals surface area contributed by atoms with Gasteiger partial charge in [-0.1, -0.05) is 23.7 Å². The Balaban J connectivity index is 2.08. The van der Waals surface area contributed by atoms with Gasteiger partial charge < -0.3 is 14.6 Å². The van der Waals surface area contributed by atoms with Crippen LogP contribution in [0.5, 0.6) is 5.75 Å². The smallest absolute Gasteiger partial charge is 0.128 e. The third-order valence-corrected chi connectivity index (χ3v) is 4.39. The van der Waals surface area contributed by atoms with Gasteiger partial charge in [-0.25, -0.2) is 0 Å². The first-order valence-electron chi connectivity index (χ1n) is 7.67. The average Bonchev–Trinajstić information content (AvgIpc) is 2.94. The van der Waals surface area contributed by atoms with Crippen LogP contribution in [0.3, 0.4) is 0 Å². The summed E-state index contributed by atoms with van der Waals surface area (Å²) in [5, 5.41) is 1.94. The minimum absolute atomic E-state index is 0.703. The van der Waals surface area contributed by atoms with Crippen LogP contribution in [0, 0.1) is 0 Å². The molecule has 0 amide bonds. The van der Waals surface area contributed by atoms with Crippen molar-refractivity contribution in [1.82, 2.24) is 9.88 Å². The molecular formula is C19H21ClN2O. The van der Waals surface area contributed by atoms with Crippen LogP contribution in [0.2, 0.25) is 5.02 Å². The van der Waals surface area contributed by atoms with E-state index < -0.39 is 0 Å². The molecule has 120 valence electrons. The van der Waals surface area contributed by atoms with Crippen molar-refractivity contribution in [2.45, 2.75) is 6.42 Å². The van der Waals surface area contributed by atoms with E-state index in [1.54, 1.807) is 7.11 Å². The molecule has 2 aromatic carbocycles. The summed E-state index contributed by atoms with van der Waals surface area (Å²) in [7, 11) is 5.86. The van der Waals surface area contributed by atoms with Crippen molar-refractivity contribution in [3.05, 3.63) is 53.2 Å². The molecule has 23 heavy (non-hydrogen) atoms. The normalized spacial score (nSPS) is 11.3. The lowest BCUT2D eigenvalue weighted by atomic mass is 10.0. The van der Waals surface area contributed by atoms with E-state index in [1.807, 2.05) is 18.2 Å². The molecule has 0 spiro atoms. The van der Waals surface area contributed by atoms with Crippen molar-refractivity contribution in [3.8, 4) is 16.9 Å². The van der Waals surface area contributed by atoms with E-state index in [0.29, 0.717) is 5.02 Å². The van der Waals surface area contributed by atoms with Crippen LogP contribution in [-0.4, -0.2) is 37.6 Å². The minimum atomic E-state index is 0.703. The average molecular weight is 329 g/mol. The third kappa shape index (κ3) is 3.21. The van der Waals surface area contributed by atoms with Crippen LogP contribution in [0.15, 0.2) is 42.6 Å². The van der Waals surface area contributed by atoms with Gasteiger partial charge >= 0.3 is 0 Å².